The maximum Gasteiger partial charge on any atom is 0.255 e. The van der Waals surface area contributed by atoms with Crippen LogP contribution in [0, 0.1) is 17.8 Å². The van der Waals surface area contributed by atoms with Crippen molar-refractivity contribution in [2.24, 2.45) is 17.9 Å². The fourth-order valence-electron chi connectivity index (χ4n) is 4.69. The largest absolute Gasteiger partial charge is 0.354 e. The number of rotatable bonds is 1. The van der Waals surface area contributed by atoms with E-state index in [1.807, 2.05) is 30.8 Å². The van der Waals surface area contributed by atoms with Crippen LogP contribution < -0.4 is 0 Å². The summed E-state index contributed by atoms with van der Waals surface area (Å²) in [6.07, 6.45) is 5.53. The molecular formula is C17H26N2O. The molecule has 1 aromatic heterocycles. The van der Waals surface area contributed by atoms with Gasteiger partial charge in [0.15, 0.2) is 0 Å². The Morgan fingerprint density at radius 2 is 2.00 bits per heavy atom. The number of fused-ring (bicyclic) bond motifs is 2. The Morgan fingerprint density at radius 1 is 1.30 bits per heavy atom. The molecule has 1 aliphatic heterocycles. The van der Waals surface area contributed by atoms with Gasteiger partial charge in [0.2, 0.25) is 0 Å². The molecule has 1 saturated carbocycles. The Bertz CT molecular complexity index is 557. The zero-order valence-electron chi connectivity index (χ0n) is 13.4. The highest BCUT2D eigenvalue weighted by Gasteiger charge is 2.51. The number of aromatic nitrogens is 1. The van der Waals surface area contributed by atoms with Gasteiger partial charge in [0.25, 0.3) is 5.91 Å². The van der Waals surface area contributed by atoms with Gasteiger partial charge >= 0.3 is 0 Å². The van der Waals surface area contributed by atoms with Gasteiger partial charge in [-0.25, -0.2) is 0 Å². The highest BCUT2D eigenvalue weighted by molar-refractivity contribution is 5.96. The highest BCUT2D eigenvalue weighted by atomic mass is 16.2. The Kier molecular flexibility index (Phi) is 2.83. The average Bonchev–Trinajstić information content (AvgIpc) is 2.76. The summed E-state index contributed by atoms with van der Waals surface area (Å²) in [6, 6.07) is 2.39. The van der Waals surface area contributed by atoms with Crippen molar-refractivity contribution in [2.75, 3.05) is 6.54 Å². The highest BCUT2D eigenvalue weighted by Crippen LogP contribution is 2.52. The first-order valence-corrected chi connectivity index (χ1v) is 7.64. The van der Waals surface area contributed by atoms with Gasteiger partial charge < -0.3 is 9.47 Å². The number of likely N-dealkylation sites (tertiary alicyclic amines) is 1. The number of hydrogen-bond donors (Lipinski definition) is 0. The average molecular weight is 274 g/mol. The number of amides is 1. The zero-order valence-corrected chi connectivity index (χ0v) is 13.4. The molecule has 3 heteroatoms. The summed E-state index contributed by atoms with van der Waals surface area (Å²) in [7, 11) is 2.00. The first-order chi connectivity index (χ1) is 9.21. The molecule has 20 heavy (non-hydrogen) atoms. The van der Waals surface area contributed by atoms with Gasteiger partial charge in [-0.3, -0.25) is 4.79 Å². The quantitative estimate of drug-likeness (QED) is 0.770. The van der Waals surface area contributed by atoms with Crippen LogP contribution in [0.3, 0.4) is 0 Å². The van der Waals surface area contributed by atoms with Gasteiger partial charge in [-0.1, -0.05) is 20.8 Å². The van der Waals surface area contributed by atoms with Gasteiger partial charge in [0, 0.05) is 31.5 Å². The minimum atomic E-state index is 0.231. The minimum Gasteiger partial charge on any atom is -0.354 e. The van der Waals surface area contributed by atoms with E-state index in [0.717, 1.165) is 24.2 Å². The van der Waals surface area contributed by atoms with Crippen molar-refractivity contribution in [3.63, 3.8) is 0 Å². The molecule has 110 valence electrons. The van der Waals surface area contributed by atoms with E-state index in [1.165, 1.54) is 12.8 Å². The minimum absolute atomic E-state index is 0.231. The van der Waals surface area contributed by atoms with E-state index in [0.29, 0.717) is 16.9 Å². The van der Waals surface area contributed by atoms with Crippen molar-refractivity contribution in [3.05, 3.63) is 23.5 Å². The molecule has 2 heterocycles. The summed E-state index contributed by atoms with van der Waals surface area (Å²) in [5.74, 6) is 0.231. The SMILES string of the molecule is Cc1c(C(=O)N2C[C@]3(C)C[C@H]2CC(C)(C)C3)ccn1C. The number of carbonyl (C=O) groups is 1. The summed E-state index contributed by atoms with van der Waals surface area (Å²) < 4.78 is 2.03. The maximum atomic E-state index is 12.9. The first kappa shape index (κ1) is 13.7. The van der Waals surface area contributed by atoms with Crippen LogP contribution in [0.2, 0.25) is 0 Å². The second-order valence-corrected chi connectivity index (χ2v) is 8.07. The summed E-state index contributed by atoms with van der Waals surface area (Å²) in [5.41, 5.74) is 2.62. The molecule has 0 aromatic carbocycles. The van der Waals surface area contributed by atoms with Crippen molar-refractivity contribution in [1.29, 1.82) is 0 Å². The molecule has 3 rings (SSSR count). The summed E-state index contributed by atoms with van der Waals surface area (Å²) >= 11 is 0. The number of aryl methyl sites for hydroxylation is 1. The van der Waals surface area contributed by atoms with Gasteiger partial charge in [0.1, 0.15) is 0 Å². The summed E-state index contributed by atoms with van der Waals surface area (Å²) in [4.78, 5) is 15.0. The van der Waals surface area contributed by atoms with Gasteiger partial charge in [-0.05, 0) is 43.1 Å². The molecule has 2 atom stereocenters. The third-order valence-corrected chi connectivity index (χ3v) is 5.29. The molecule has 2 aliphatic rings. The second kappa shape index (κ2) is 4.12. The molecule has 0 radical (unpaired) electrons. The topological polar surface area (TPSA) is 25.2 Å². The van der Waals surface area contributed by atoms with E-state index in [-0.39, 0.29) is 5.91 Å². The lowest BCUT2D eigenvalue weighted by Gasteiger charge is -2.39. The summed E-state index contributed by atoms with van der Waals surface area (Å²) in [5, 5.41) is 0. The zero-order chi connectivity index (χ0) is 14.7. The van der Waals surface area contributed by atoms with E-state index in [4.69, 9.17) is 0 Å². The molecule has 2 bridgehead atoms. The monoisotopic (exact) mass is 274 g/mol. The van der Waals surface area contributed by atoms with E-state index < -0.39 is 0 Å². The van der Waals surface area contributed by atoms with Crippen molar-refractivity contribution < 1.29 is 4.79 Å². The standard InChI is InChI=1S/C17H26N2O/c1-12-14(6-7-18(12)5)15(20)19-11-17(4)9-13(19)8-16(2,3)10-17/h6-7,13H,8-11H2,1-5H3/t13-,17-/m1/s1. The van der Waals surface area contributed by atoms with Crippen molar-refractivity contribution in [1.82, 2.24) is 9.47 Å². The third kappa shape index (κ3) is 2.07. The van der Waals surface area contributed by atoms with E-state index in [1.54, 1.807) is 0 Å². The van der Waals surface area contributed by atoms with Crippen LogP contribution in [0.1, 0.15) is 56.1 Å². The fraction of sp³-hybridized carbons (Fsp3) is 0.706. The van der Waals surface area contributed by atoms with Gasteiger partial charge in [0.05, 0.1) is 5.56 Å². The van der Waals surface area contributed by atoms with Gasteiger partial charge in [-0.2, -0.15) is 0 Å². The lowest BCUT2D eigenvalue weighted by molar-refractivity contribution is 0.0707. The smallest absolute Gasteiger partial charge is 0.255 e. The number of hydrogen-bond acceptors (Lipinski definition) is 1. The molecule has 1 aromatic rings. The van der Waals surface area contributed by atoms with E-state index in [9.17, 15) is 4.79 Å². The molecule has 0 spiro atoms. The molecular weight excluding hydrogens is 248 g/mol. The molecule has 3 nitrogen and oxygen atoms in total. The maximum absolute atomic E-state index is 12.9. The molecule has 1 amide bonds. The predicted molar refractivity (Wildman–Crippen MR) is 80.7 cm³/mol. The van der Waals surface area contributed by atoms with E-state index in [2.05, 4.69) is 25.7 Å². The molecule has 1 saturated heterocycles. The third-order valence-electron chi connectivity index (χ3n) is 5.29. The molecule has 1 aliphatic carbocycles. The second-order valence-electron chi connectivity index (χ2n) is 8.07. The lowest BCUT2D eigenvalue weighted by atomic mass is 9.65. The van der Waals surface area contributed by atoms with Crippen LogP contribution in [0.4, 0.5) is 0 Å². The molecule has 0 unspecified atom stereocenters. The Labute approximate surface area is 122 Å². The Morgan fingerprint density at radius 3 is 2.60 bits per heavy atom. The summed E-state index contributed by atoms with van der Waals surface area (Å²) in [6.45, 7) is 10.00. The Balaban J connectivity index is 1.89. The van der Waals surface area contributed by atoms with Crippen LogP contribution in [-0.2, 0) is 7.05 Å². The van der Waals surface area contributed by atoms with Crippen molar-refractivity contribution >= 4 is 5.91 Å². The van der Waals surface area contributed by atoms with Gasteiger partial charge in [-0.15, -0.1) is 0 Å². The predicted octanol–water partition coefficient (Wildman–Crippen LogP) is 3.37. The molecule has 2 fully saturated rings. The number of carbonyl (C=O) groups excluding carboxylic acids is 1. The van der Waals surface area contributed by atoms with Crippen molar-refractivity contribution in [3.8, 4) is 0 Å². The normalized spacial score (nSPS) is 31.6. The van der Waals surface area contributed by atoms with Crippen LogP contribution >= 0.6 is 0 Å². The number of nitrogens with zero attached hydrogens (tertiary/aromatic N) is 2. The lowest BCUT2D eigenvalue weighted by Crippen LogP contribution is -2.37. The Hall–Kier alpha value is -1.25. The van der Waals surface area contributed by atoms with Crippen LogP contribution in [0.5, 0.6) is 0 Å². The fourth-order valence-corrected chi connectivity index (χ4v) is 4.69. The van der Waals surface area contributed by atoms with Crippen LogP contribution in [0.15, 0.2) is 12.3 Å². The van der Waals surface area contributed by atoms with Crippen LogP contribution in [-0.4, -0.2) is 28.0 Å². The van der Waals surface area contributed by atoms with Crippen LogP contribution in [0.25, 0.3) is 0 Å². The molecule has 0 N–H and O–H groups in total. The van der Waals surface area contributed by atoms with Crippen molar-refractivity contribution in [2.45, 2.75) is 53.0 Å². The first-order valence-electron chi connectivity index (χ1n) is 7.64. The van der Waals surface area contributed by atoms with E-state index >= 15 is 0 Å².